The van der Waals surface area contributed by atoms with Gasteiger partial charge in [-0.3, -0.25) is 9.59 Å². The highest BCUT2D eigenvalue weighted by Crippen LogP contribution is 2.58. The van der Waals surface area contributed by atoms with Crippen LogP contribution in [0.2, 0.25) is 0 Å². The molecule has 148 valence electrons. The van der Waals surface area contributed by atoms with Crippen molar-refractivity contribution in [1.82, 2.24) is 9.88 Å². The van der Waals surface area contributed by atoms with E-state index in [-0.39, 0.29) is 23.8 Å². The minimum atomic E-state index is -0.783. The largest absolute Gasteiger partial charge is 0.469 e. The van der Waals surface area contributed by atoms with Crippen molar-refractivity contribution >= 4 is 22.8 Å². The molecule has 29 heavy (non-hydrogen) atoms. The van der Waals surface area contributed by atoms with Crippen LogP contribution in [0.15, 0.2) is 54.6 Å². The minimum absolute atomic E-state index is 0.00614. The van der Waals surface area contributed by atoms with E-state index in [0.29, 0.717) is 19.3 Å². The van der Waals surface area contributed by atoms with Crippen molar-refractivity contribution in [1.29, 1.82) is 0 Å². The molecule has 1 aliphatic carbocycles. The maximum absolute atomic E-state index is 13.3. The molecule has 5 heteroatoms. The number of esters is 1. The Hall–Kier alpha value is -3.08. The summed E-state index contributed by atoms with van der Waals surface area (Å²) in [6.45, 7) is 0. The van der Waals surface area contributed by atoms with Crippen molar-refractivity contribution < 1.29 is 14.3 Å². The molecule has 0 spiro atoms. The second-order valence-corrected chi connectivity index (χ2v) is 8.19. The molecule has 2 aliphatic rings. The first-order chi connectivity index (χ1) is 14.1. The number of hydrogen-bond acceptors (Lipinski definition) is 3. The molecular formula is C24H24N2O3. The van der Waals surface area contributed by atoms with Gasteiger partial charge < -0.3 is 14.6 Å². The van der Waals surface area contributed by atoms with Crippen LogP contribution in [0, 0.1) is 5.41 Å². The van der Waals surface area contributed by atoms with Crippen LogP contribution in [0.5, 0.6) is 0 Å². The number of aromatic nitrogens is 1. The summed E-state index contributed by atoms with van der Waals surface area (Å²) >= 11 is 0. The van der Waals surface area contributed by atoms with Crippen LogP contribution in [0.25, 0.3) is 10.9 Å². The fourth-order valence-corrected chi connectivity index (χ4v) is 5.61. The van der Waals surface area contributed by atoms with Gasteiger partial charge in [0.1, 0.15) is 0 Å². The lowest BCUT2D eigenvalue weighted by molar-refractivity contribution is -0.155. The van der Waals surface area contributed by atoms with Crippen LogP contribution in [-0.4, -0.2) is 23.6 Å². The quantitative estimate of drug-likeness (QED) is 0.679. The number of rotatable bonds is 2. The highest BCUT2D eigenvalue weighted by Gasteiger charge is 2.56. The fraction of sp³-hybridized carbons (Fsp3) is 0.333. The van der Waals surface area contributed by atoms with Crippen LogP contribution < -0.4 is 5.32 Å². The molecule has 0 radical (unpaired) electrons. The van der Waals surface area contributed by atoms with Crippen molar-refractivity contribution in [2.45, 2.75) is 31.2 Å². The normalized spacial score (nSPS) is 25.8. The number of carbonyl (C=O) groups excluding carboxylic acids is 2. The monoisotopic (exact) mass is 388 g/mol. The standard InChI is InChI=1S/C24H24N2O3/c1-26-18-11-7-6-10-16(18)20-17-14-24(23(28)29-2,13-12-19(27)25-17)21(22(20)26)15-8-4-3-5-9-15/h3-11,17,21H,12-14H2,1-2H3,(H,25,27)/t17-,21+,24-/m0/s1. The number of carbonyl (C=O) groups is 2. The lowest BCUT2D eigenvalue weighted by atomic mass is 9.60. The van der Waals surface area contributed by atoms with Crippen molar-refractivity contribution in [3.63, 3.8) is 0 Å². The Morgan fingerprint density at radius 1 is 1.14 bits per heavy atom. The van der Waals surface area contributed by atoms with Crippen molar-refractivity contribution in [2.24, 2.45) is 12.5 Å². The summed E-state index contributed by atoms with van der Waals surface area (Å²) in [5, 5.41) is 4.32. The molecule has 2 heterocycles. The number of benzene rings is 2. The average molecular weight is 388 g/mol. The number of methoxy groups -OCH3 is 1. The van der Waals surface area contributed by atoms with Gasteiger partial charge in [0.2, 0.25) is 5.91 Å². The van der Waals surface area contributed by atoms with Gasteiger partial charge in [-0.15, -0.1) is 0 Å². The molecule has 2 bridgehead atoms. The van der Waals surface area contributed by atoms with E-state index < -0.39 is 5.41 Å². The molecule has 3 atom stereocenters. The van der Waals surface area contributed by atoms with Gasteiger partial charge in [0, 0.05) is 41.5 Å². The number of aryl methyl sites for hydroxylation is 1. The van der Waals surface area contributed by atoms with E-state index in [9.17, 15) is 9.59 Å². The Labute approximate surface area is 169 Å². The maximum Gasteiger partial charge on any atom is 0.312 e. The van der Waals surface area contributed by atoms with Crippen LogP contribution in [-0.2, 0) is 21.4 Å². The van der Waals surface area contributed by atoms with Gasteiger partial charge in [-0.1, -0.05) is 48.5 Å². The topological polar surface area (TPSA) is 60.3 Å². The number of fused-ring (bicyclic) bond motifs is 6. The zero-order valence-corrected chi connectivity index (χ0v) is 16.6. The predicted octanol–water partition coefficient (Wildman–Crippen LogP) is 3.82. The van der Waals surface area contributed by atoms with Gasteiger partial charge in [-0.2, -0.15) is 0 Å². The van der Waals surface area contributed by atoms with Gasteiger partial charge in [0.05, 0.1) is 18.6 Å². The maximum atomic E-state index is 13.3. The highest BCUT2D eigenvalue weighted by atomic mass is 16.5. The van der Waals surface area contributed by atoms with Crippen LogP contribution >= 0.6 is 0 Å². The molecular weight excluding hydrogens is 364 g/mol. The zero-order valence-electron chi connectivity index (χ0n) is 16.6. The molecule has 0 saturated carbocycles. The predicted molar refractivity (Wildman–Crippen MR) is 110 cm³/mol. The first kappa shape index (κ1) is 18.0. The van der Waals surface area contributed by atoms with E-state index in [2.05, 4.69) is 41.2 Å². The van der Waals surface area contributed by atoms with Gasteiger partial charge in [0.25, 0.3) is 0 Å². The first-order valence-electron chi connectivity index (χ1n) is 10.1. The summed E-state index contributed by atoms with van der Waals surface area (Å²) < 4.78 is 7.55. The minimum Gasteiger partial charge on any atom is -0.469 e. The van der Waals surface area contributed by atoms with Gasteiger partial charge in [-0.05, 0) is 24.5 Å². The number of ether oxygens (including phenoxy) is 1. The number of amides is 1. The number of para-hydroxylation sites is 1. The first-order valence-corrected chi connectivity index (χ1v) is 10.1. The molecule has 1 saturated heterocycles. The second-order valence-electron chi connectivity index (χ2n) is 8.19. The third-order valence-corrected chi connectivity index (χ3v) is 6.79. The molecule has 5 nitrogen and oxygen atoms in total. The van der Waals surface area contributed by atoms with E-state index in [0.717, 1.165) is 27.7 Å². The second kappa shape index (κ2) is 6.48. The molecule has 0 unspecified atom stereocenters. The number of nitrogens with zero attached hydrogens (tertiary/aromatic N) is 1. The van der Waals surface area contributed by atoms with Gasteiger partial charge >= 0.3 is 5.97 Å². The molecule has 1 amide bonds. The van der Waals surface area contributed by atoms with Crippen LogP contribution in [0.1, 0.15) is 48.0 Å². The summed E-state index contributed by atoms with van der Waals surface area (Å²) in [5.41, 5.74) is 3.64. The average Bonchev–Trinajstić information content (AvgIpc) is 2.96. The van der Waals surface area contributed by atoms with E-state index >= 15 is 0 Å². The van der Waals surface area contributed by atoms with Crippen molar-refractivity contribution in [2.75, 3.05) is 7.11 Å². The third kappa shape index (κ3) is 2.46. The summed E-state index contributed by atoms with van der Waals surface area (Å²) in [5.74, 6) is -0.412. The van der Waals surface area contributed by atoms with Gasteiger partial charge in [-0.25, -0.2) is 0 Å². The van der Waals surface area contributed by atoms with Crippen molar-refractivity contribution in [3.8, 4) is 0 Å². The fourth-order valence-electron chi connectivity index (χ4n) is 5.61. The number of nitrogens with one attached hydrogen (secondary N) is 1. The molecule has 1 fully saturated rings. The molecule has 1 N–H and O–H groups in total. The Balaban J connectivity index is 1.89. The summed E-state index contributed by atoms with van der Waals surface area (Å²) in [6.07, 6.45) is 1.34. The molecule has 2 aromatic carbocycles. The van der Waals surface area contributed by atoms with Crippen LogP contribution in [0.4, 0.5) is 0 Å². The van der Waals surface area contributed by atoms with E-state index in [1.54, 1.807) is 0 Å². The Morgan fingerprint density at radius 3 is 2.62 bits per heavy atom. The Morgan fingerprint density at radius 2 is 1.86 bits per heavy atom. The molecule has 3 aromatic rings. The third-order valence-electron chi connectivity index (χ3n) is 6.79. The van der Waals surface area contributed by atoms with E-state index in [4.69, 9.17) is 4.74 Å². The van der Waals surface area contributed by atoms with Gasteiger partial charge in [0.15, 0.2) is 0 Å². The smallest absolute Gasteiger partial charge is 0.312 e. The number of hydrogen-bond donors (Lipinski definition) is 1. The lowest BCUT2D eigenvalue weighted by Crippen LogP contribution is -2.44. The summed E-state index contributed by atoms with van der Waals surface area (Å²) in [6, 6.07) is 18.2. The molecule has 1 aliphatic heterocycles. The van der Waals surface area contributed by atoms with Crippen molar-refractivity contribution in [3.05, 3.63) is 71.4 Å². The molecule has 5 rings (SSSR count). The SMILES string of the molecule is COC(=O)[C@@]12CCC(=O)N[C@@H](C1)c1c(n(C)c3ccccc13)[C@H]2c1ccccc1. The Kier molecular flexibility index (Phi) is 4.02. The summed E-state index contributed by atoms with van der Waals surface area (Å²) in [4.78, 5) is 25.9. The van der Waals surface area contributed by atoms with E-state index in [1.807, 2.05) is 30.3 Å². The van der Waals surface area contributed by atoms with E-state index in [1.165, 1.54) is 7.11 Å². The van der Waals surface area contributed by atoms with Crippen LogP contribution in [0.3, 0.4) is 0 Å². The summed E-state index contributed by atoms with van der Waals surface area (Å²) in [7, 11) is 3.51. The lowest BCUT2D eigenvalue weighted by Gasteiger charge is -2.44. The highest BCUT2D eigenvalue weighted by molar-refractivity contribution is 5.91. The molecule has 1 aromatic heterocycles. The Bertz CT molecular complexity index is 1120. The zero-order chi connectivity index (χ0) is 20.2.